The highest BCUT2D eigenvalue weighted by molar-refractivity contribution is 7.17. The Kier molecular flexibility index (Phi) is 6.50. The lowest BCUT2D eigenvalue weighted by molar-refractivity contribution is 0.0505. The Morgan fingerprint density at radius 3 is 2.70 bits per heavy atom. The van der Waals surface area contributed by atoms with Crippen LogP contribution in [0.2, 0.25) is 0 Å². The zero-order chi connectivity index (χ0) is 19.2. The average molecular weight is 388 g/mol. The molecule has 1 aliphatic carbocycles. The van der Waals surface area contributed by atoms with E-state index in [1.54, 1.807) is 18.2 Å². The molecule has 1 aromatic heterocycles. The number of esters is 1. The Balaban J connectivity index is 1.91. The molecule has 144 valence electrons. The lowest BCUT2D eigenvalue weighted by Gasteiger charge is -2.13. The minimum Gasteiger partial charge on any atom is -0.493 e. The summed E-state index contributed by atoms with van der Waals surface area (Å²) in [5.41, 5.74) is 2.03. The maximum absolute atomic E-state index is 12.9. The molecule has 0 aliphatic heterocycles. The molecule has 0 unspecified atom stereocenters. The van der Waals surface area contributed by atoms with Crippen LogP contribution < -0.4 is 10.1 Å². The van der Waals surface area contributed by atoms with E-state index in [9.17, 15) is 9.59 Å². The van der Waals surface area contributed by atoms with Crippen molar-refractivity contribution < 1.29 is 19.1 Å². The molecule has 1 amide bonds. The normalized spacial score (nSPS) is 13.0. The van der Waals surface area contributed by atoms with Gasteiger partial charge in [0.05, 0.1) is 24.3 Å². The van der Waals surface area contributed by atoms with Crippen LogP contribution in [0.1, 0.15) is 64.3 Å². The zero-order valence-electron chi connectivity index (χ0n) is 15.8. The van der Waals surface area contributed by atoms with E-state index in [4.69, 9.17) is 9.47 Å². The fourth-order valence-electron chi connectivity index (χ4n) is 3.24. The van der Waals surface area contributed by atoms with Gasteiger partial charge in [-0.3, -0.25) is 4.79 Å². The molecule has 1 aliphatic rings. The van der Waals surface area contributed by atoms with Crippen molar-refractivity contribution in [2.75, 3.05) is 18.5 Å². The van der Waals surface area contributed by atoms with Crippen LogP contribution in [0, 0.1) is 0 Å². The van der Waals surface area contributed by atoms with Crippen LogP contribution >= 0.6 is 11.3 Å². The summed E-state index contributed by atoms with van der Waals surface area (Å²) in [6, 6.07) is 7.13. The number of hydrogen-bond acceptors (Lipinski definition) is 5. The third kappa shape index (κ3) is 4.33. The lowest BCUT2D eigenvalue weighted by Crippen LogP contribution is -2.16. The van der Waals surface area contributed by atoms with Crippen LogP contribution in [0.25, 0.3) is 0 Å². The van der Waals surface area contributed by atoms with E-state index >= 15 is 0 Å². The van der Waals surface area contributed by atoms with Crippen LogP contribution in [0.3, 0.4) is 0 Å². The van der Waals surface area contributed by atoms with E-state index in [0.717, 1.165) is 37.7 Å². The van der Waals surface area contributed by atoms with Gasteiger partial charge < -0.3 is 14.8 Å². The number of carbonyl (C=O) groups is 2. The molecule has 0 saturated carbocycles. The Morgan fingerprint density at radius 1 is 1.15 bits per heavy atom. The second-order valence-electron chi connectivity index (χ2n) is 6.43. The van der Waals surface area contributed by atoms with E-state index in [1.165, 1.54) is 16.2 Å². The predicted octanol–water partition coefficient (Wildman–Crippen LogP) is 4.84. The van der Waals surface area contributed by atoms with Gasteiger partial charge >= 0.3 is 5.97 Å². The number of nitrogens with one attached hydrogen (secondary N) is 1. The maximum Gasteiger partial charge on any atom is 0.341 e. The van der Waals surface area contributed by atoms with Crippen molar-refractivity contribution in [3.05, 3.63) is 45.8 Å². The summed E-state index contributed by atoms with van der Waals surface area (Å²) in [4.78, 5) is 26.7. The van der Waals surface area contributed by atoms with Crippen LogP contribution in [0.5, 0.6) is 5.75 Å². The number of thiophene rings is 1. The summed E-state index contributed by atoms with van der Waals surface area (Å²) < 4.78 is 10.9. The van der Waals surface area contributed by atoms with Crippen molar-refractivity contribution in [3.8, 4) is 5.75 Å². The van der Waals surface area contributed by atoms with Gasteiger partial charge in [-0.25, -0.2) is 4.79 Å². The number of aryl methyl sites for hydroxylation is 1. The summed E-state index contributed by atoms with van der Waals surface area (Å²) in [6.45, 7) is 4.70. The van der Waals surface area contributed by atoms with Crippen molar-refractivity contribution >= 4 is 28.2 Å². The lowest BCUT2D eigenvalue weighted by atomic mass is 9.95. The van der Waals surface area contributed by atoms with Crippen LogP contribution in [0.4, 0.5) is 5.00 Å². The Labute approximate surface area is 163 Å². The Hall–Kier alpha value is -2.34. The third-order valence-corrected chi connectivity index (χ3v) is 5.68. The molecular weight excluding hydrogens is 362 g/mol. The molecule has 0 saturated heterocycles. The molecule has 0 atom stereocenters. The quantitative estimate of drug-likeness (QED) is 0.690. The number of ether oxygens (including phenoxy) is 2. The van der Waals surface area contributed by atoms with Crippen LogP contribution in [0.15, 0.2) is 24.3 Å². The van der Waals surface area contributed by atoms with Crippen LogP contribution in [-0.2, 0) is 17.6 Å². The highest BCUT2D eigenvalue weighted by atomic mass is 32.1. The van der Waals surface area contributed by atoms with Gasteiger partial charge in [0.15, 0.2) is 0 Å². The van der Waals surface area contributed by atoms with E-state index in [0.29, 0.717) is 35.1 Å². The van der Waals surface area contributed by atoms with Crippen LogP contribution in [-0.4, -0.2) is 25.1 Å². The minimum atomic E-state index is -0.343. The number of para-hydroxylation sites is 1. The van der Waals surface area contributed by atoms with Gasteiger partial charge in [-0.05, 0) is 56.7 Å². The van der Waals surface area contributed by atoms with E-state index in [-0.39, 0.29) is 11.9 Å². The number of amides is 1. The predicted molar refractivity (Wildman–Crippen MR) is 107 cm³/mol. The summed E-state index contributed by atoms with van der Waals surface area (Å²) in [7, 11) is 0. The SMILES string of the molecule is CCCOC(=O)c1c(NC(=O)c2ccccc2OCC)sc2c1CCCC2. The van der Waals surface area contributed by atoms with Gasteiger partial charge in [0, 0.05) is 4.88 Å². The fourth-order valence-corrected chi connectivity index (χ4v) is 4.52. The van der Waals surface area contributed by atoms with Crippen molar-refractivity contribution in [1.29, 1.82) is 0 Å². The number of carbonyl (C=O) groups excluding carboxylic acids is 2. The molecule has 5 nitrogen and oxygen atoms in total. The van der Waals surface area contributed by atoms with Crippen molar-refractivity contribution in [2.24, 2.45) is 0 Å². The summed E-state index contributed by atoms with van der Waals surface area (Å²) >= 11 is 1.49. The monoisotopic (exact) mass is 387 g/mol. The van der Waals surface area contributed by atoms with Crippen molar-refractivity contribution in [1.82, 2.24) is 0 Å². The van der Waals surface area contributed by atoms with Gasteiger partial charge in [0.25, 0.3) is 5.91 Å². The first kappa shape index (κ1) is 19.4. The average Bonchev–Trinajstić information content (AvgIpc) is 3.04. The standard InChI is InChI=1S/C21H25NO4S/c1-3-13-26-21(24)18-15-10-6-8-12-17(15)27-20(18)22-19(23)14-9-5-7-11-16(14)25-4-2/h5,7,9,11H,3-4,6,8,10,12-13H2,1-2H3,(H,22,23). The molecule has 0 spiro atoms. The molecule has 3 rings (SSSR count). The highest BCUT2D eigenvalue weighted by Crippen LogP contribution is 2.39. The molecule has 2 aromatic rings. The summed E-state index contributed by atoms with van der Waals surface area (Å²) in [5.74, 6) is -0.0826. The van der Waals surface area contributed by atoms with Gasteiger partial charge in [0.2, 0.25) is 0 Å². The van der Waals surface area contributed by atoms with Crippen molar-refractivity contribution in [2.45, 2.75) is 46.0 Å². The number of hydrogen-bond donors (Lipinski definition) is 1. The zero-order valence-corrected chi connectivity index (χ0v) is 16.6. The maximum atomic E-state index is 12.9. The van der Waals surface area contributed by atoms with E-state index < -0.39 is 0 Å². The fraction of sp³-hybridized carbons (Fsp3) is 0.429. The summed E-state index contributed by atoms with van der Waals surface area (Å²) in [6.07, 6.45) is 4.73. The largest absolute Gasteiger partial charge is 0.493 e. The molecule has 27 heavy (non-hydrogen) atoms. The molecule has 1 N–H and O–H groups in total. The first-order chi connectivity index (χ1) is 13.2. The second kappa shape index (κ2) is 9.04. The number of benzene rings is 1. The van der Waals surface area contributed by atoms with E-state index in [1.807, 2.05) is 19.9 Å². The molecular formula is C21H25NO4S. The molecule has 0 radical (unpaired) electrons. The van der Waals surface area contributed by atoms with Gasteiger partial charge in [-0.2, -0.15) is 0 Å². The number of fused-ring (bicyclic) bond motifs is 1. The van der Waals surface area contributed by atoms with Crippen molar-refractivity contribution in [3.63, 3.8) is 0 Å². The first-order valence-corrected chi connectivity index (χ1v) is 10.3. The molecule has 6 heteroatoms. The van der Waals surface area contributed by atoms with E-state index in [2.05, 4.69) is 5.32 Å². The topological polar surface area (TPSA) is 64.6 Å². The highest BCUT2D eigenvalue weighted by Gasteiger charge is 2.28. The third-order valence-electron chi connectivity index (χ3n) is 4.47. The molecule has 0 bridgehead atoms. The Bertz CT molecular complexity index is 828. The smallest absolute Gasteiger partial charge is 0.341 e. The van der Waals surface area contributed by atoms with Gasteiger partial charge in [-0.1, -0.05) is 19.1 Å². The summed E-state index contributed by atoms with van der Waals surface area (Å²) in [5, 5.41) is 3.52. The van der Waals surface area contributed by atoms with Gasteiger partial charge in [-0.15, -0.1) is 11.3 Å². The Morgan fingerprint density at radius 2 is 1.93 bits per heavy atom. The minimum absolute atomic E-state index is 0.276. The molecule has 1 heterocycles. The number of anilines is 1. The number of rotatable bonds is 7. The molecule has 0 fully saturated rings. The molecule has 1 aromatic carbocycles. The first-order valence-electron chi connectivity index (χ1n) is 9.50. The second-order valence-corrected chi connectivity index (χ2v) is 7.54. The van der Waals surface area contributed by atoms with Gasteiger partial charge in [0.1, 0.15) is 10.8 Å².